The third kappa shape index (κ3) is 4.09. The van der Waals surface area contributed by atoms with Crippen molar-refractivity contribution >= 4 is 23.1 Å². The van der Waals surface area contributed by atoms with Gasteiger partial charge in [0.2, 0.25) is 0 Å². The lowest BCUT2D eigenvalue weighted by Crippen LogP contribution is -2.06. The summed E-state index contributed by atoms with van der Waals surface area (Å²) in [6, 6.07) is 15.4. The number of halogens is 1. The number of rotatable bonds is 7. The van der Waals surface area contributed by atoms with Gasteiger partial charge < -0.3 is 19.5 Å². The average molecular weight is 439 g/mol. The molecule has 0 aliphatic carbocycles. The molecule has 0 fully saturated rings. The zero-order chi connectivity index (χ0) is 22.0. The van der Waals surface area contributed by atoms with Crippen LogP contribution in [-0.4, -0.2) is 35.9 Å². The summed E-state index contributed by atoms with van der Waals surface area (Å²) in [6.45, 7) is 2.55. The van der Waals surface area contributed by atoms with E-state index in [1.165, 1.54) is 0 Å². The Morgan fingerprint density at radius 2 is 1.68 bits per heavy atom. The summed E-state index contributed by atoms with van der Waals surface area (Å²) in [5, 5.41) is 8.50. The Balaban J connectivity index is 1.73. The van der Waals surface area contributed by atoms with Crippen LogP contribution in [0.2, 0.25) is 5.15 Å². The van der Waals surface area contributed by atoms with E-state index in [4.69, 9.17) is 30.9 Å². The Labute approximate surface area is 185 Å². The Bertz CT molecular complexity index is 1220. The molecule has 0 amide bonds. The summed E-state index contributed by atoms with van der Waals surface area (Å²) in [4.78, 5) is 4.55. The Hall–Kier alpha value is -3.45. The van der Waals surface area contributed by atoms with Crippen molar-refractivity contribution in [3.8, 4) is 28.4 Å². The molecule has 0 atom stereocenters. The van der Waals surface area contributed by atoms with E-state index in [0.717, 1.165) is 34.0 Å². The second-order valence-corrected chi connectivity index (χ2v) is 7.32. The van der Waals surface area contributed by atoms with E-state index >= 15 is 0 Å². The molecule has 7 nitrogen and oxygen atoms in total. The van der Waals surface area contributed by atoms with Crippen LogP contribution in [0.1, 0.15) is 11.3 Å². The third-order valence-corrected chi connectivity index (χ3v) is 5.23. The largest absolute Gasteiger partial charge is 0.497 e. The van der Waals surface area contributed by atoms with E-state index < -0.39 is 0 Å². The molecule has 0 aliphatic rings. The number of aromatic nitrogens is 3. The number of hydrogen-bond donors (Lipinski definition) is 1. The first-order chi connectivity index (χ1) is 15.0. The molecule has 1 N–H and O–H groups in total. The van der Waals surface area contributed by atoms with Crippen LogP contribution in [0.15, 0.2) is 48.5 Å². The van der Waals surface area contributed by atoms with Gasteiger partial charge in [-0.25, -0.2) is 4.98 Å². The van der Waals surface area contributed by atoms with E-state index in [1.54, 1.807) is 31.9 Å². The maximum atomic E-state index is 6.37. The summed E-state index contributed by atoms with van der Waals surface area (Å²) >= 11 is 6.37. The van der Waals surface area contributed by atoms with Crippen molar-refractivity contribution in [2.75, 3.05) is 26.6 Å². The molecule has 0 unspecified atom stereocenters. The average Bonchev–Trinajstić information content (AvgIpc) is 3.12. The molecule has 0 spiro atoms. The molecule has 0 saturated carbocycles. The lowest BCUT2D eigenvalue weighted by atomic mass is 10.1. The highest BCUT2D eigenvalue weighted by Crippen LogP contribution is 2.36. The number of ether oxygens (including phenoxy) is 3. The van der Waals surface area contributed by atoms with Crippen LogP contribution in [0, 0.1) is 6.92 Å². The summed E-state index contributed by atoms with van der Waals surface area (Å²) in [6.07, 6.45) is 0. The van der Waals surface area contributed by atoms with E-state index in [2.05, 4.69) is 10.3 Å². The van der Waals surface area contributed by atoms with Crippen molar-refractivity contribution in [3.63, 3.8) is 0 Å². The highest BCUT2D eigenvalue weighted by atomic mass is 35.5. The lowest BCUT2D eigenvalue weighted by molar-refractivity contribution is 0.355. The number of fused-ring (bicyclic) bond motifs is 1. The second kappa shape index (κ2) is 8.73. The number of nitrogens with one attached hydrogen (secondary N) is 1. The zero-order valence-corrected chi connectivity index (χ0v) is 18.5. The van der Waals surface area contributed by atoms with Crippen molar-refractivity contribution in [1.82, 2.24) is 14.6 Å². The van der Waals surface area contributed by atoms with Crippen molar-refractivity contribution in [2.45, 2.75) is 13.5 Å². The first kappa shape index (κ1) is 20.8. The molecule has 0 radical (unpaired) electrons. The molecule has 0 saturated heterocycles. The summed E-state index contributed by atoms with van der Waals surface area (Å²) in [5.41, 5.74) is 4.40. The quantitative estimate of drug-likeness (QED) is 0.410. The first-order valence-electron chi connectivity index (χ1n) is 9.69. The van der Waals surface area contributed by atoms with Crippen molar-refractivity contribution in [2.24, 2.45) is 0 Å². The van der Waals surface area contributed by atoms with Crippen LogP contribution in [0.3, 0.4) is 0 Å². The van der Waals surface area contributed by atoms with Gasteiger partial charge in [-0.3, -0.25) is 0 Å². The molecule has 2 aromatic carbocycles. The number of aryl methyl sites for hydroxylation is 1. The number of nitrogens with zero attached hydrogens (tertiary/aromatic N) is 3. The van der Waals surface area contributed by atoms with Crippen LogP contribution in [0.4, 0.5) is 5.82 Å². The fourth-order valence-electron chi connectivity index (χ4n) is 3.49. The topological polar surface area (TPSA) is 69.9 Å². The summed E-state index contributed by atoms with van der Waals surface area (Å²) in [7, 11) is 4.88. The van der Waals surface area contributed by atoms with E-state index in [9.17, 15) is 0 Å². The SMILES string of the molecule is COc1ccc(CNc2cc(Cl)nc3c(-c4ccc(OC)c(OC)c4)c(C)nn23)cc1. The Kier molecular flexibility index (Phi) is 5.86. The Morgan fingerprint density at radius 3 is 2.35 bits per heavy atom. The molecular formula is C23H23ClN4O3. The maximum absolute atomic E-state index is 6.37. The predicted octanol–water partition coefficient (Wildman–Crippen LogP) is 5.00. The fraction of sp³-hybridized carbons (Fsp3) is 0.217. The molecule has 31 heavy (non-hydrogen) atoms. The highest BCUT2D eigenvalue weighted by molar-refractivity contribution is 6.29. The number of benzene rings is 2. The van der Waals surface area contributed by atoms with Gasteiger partial charge in [0, 0.05) is 18.2 Å². The minimum atomic E-state index is 0.381. The van der Waals surface area contributed by atoms with Crippen LogP contribution in [0.5, 0.6) is 17.2 Å². The number of anilines is 1. The molecule has 2 heterocycles. The zero-order valence-electron chi connectivity index (χ0n) is 17.8. The van der Waals surface area contributed by atoms with E-state index in [-0.39, 0.29) is 0 Å². The molecular weight excluding hydrogens is 416 g/mol. The normalized spacial score (nSPS) is 10.9. The van der Waals surface area contributed by atoms with Crippen LogP contribution in [-0.2, 0) is 6.54 Å². The molecule has 0 aliphatic heterocycles. The minimum absolute atomic E-state index is 0.381. The van der Waals surface area contributed by atoms with E-state index in [1.807, 2.05) is 49.4 Å². The first-order valence-corrected chi connectivity index (χ1v) is 10.1. The maximum Gasteiger partial charge on any atom is 0.167 e. The predicted molar refractivity (Wildman–Crippen MR) is 122 cm³/mol. The minimum Gasteiger partial charge on any atom is -0.497 e. The van der Waals surface area contributed by atoms with Gasteiger partial charge in [0.25, 0.3) is 0 Å². The van der Waals surface area contributed by atoms with Crippen molar-refractivity contribution in [1.29, 1.82) is 0 Å². The van der Waals surface area contributed by atoms with Gasteiger partial charge in [-0.05, 0) is 42.3 Å². The van der Waals surface area contributed by atoms with Crippen molar-refractivity contribution < 1.29 is 14.2 Å². The van der Waals surface area contributed by atoms with Gasteiger partial charge in [-0.15, -0.1) is 0 Å². The van der Waals surface area contributed by atoms with Gasteiger partial charge in [-0.1, -0.05) is 29.8 Å². The fourth-order valence-corrected chi connectivity index (χ4v) is 3.67. The van der Waals surface area contributed by atoms with Crippen LogP contribution < -0.4 is 19.5 Å². The van der Waals surface area contributed by atoms with Gasteiger partial charge in [-0.2, -0.15) is 9.61 Å². The molecule has 4 rings (SSSR count). The summed E-state index contributed by atoms with van der Waals surface area (Å²) in [5.74, 6) is 2.87. The monoisotopic (exact) mass is 438 g/mol. The molecule has 4 aromatic rings. The van der Waals surface area contributed by atoms with Crippen molar-refractivity contribution in [3.05, 3.63) is 64.9 Å². The van der Waals surface area contributed by atoms with Crippen LogP contribution in [0.25, 0.3) is 16.8 Å². The van der Waals surface area contributed by atoms with Crippen LogP contribution >= 0.6 is 11.6 Å². The number of methoxy groups -OCH3 is 3. The lowest BCUT2D eigenvalue weighted by Gasteiger charge is -2.11. The van der Waals surface area contributed by atoms with Gasteiger partial charge >= 0.3 is 0 Å². The molecule has 160 valence electrons. The molecule has 0 bridgehead atoms. The number of hydrogen-bond acceptors (Lipinski definition) is 6. The molecule has 8 heteroatoms. The van der Waals surface area contributed by atoms with Gasteiger partial charge in [0.1, 0.15) is 16.7 Å². The van der Waals surface area contributed by atoms with Gasteiger partial charge in [0.15, 0.2) is 17.1 Å². The standard InChI is InChI=1S/C23H23ClN4O3/c1-14-22(16-7-10-18(30-3)19(11-16)31-4)23-26-20(24)12-21(28(23)27-14)25-13-15-5-8-17(29-2)9-6-15/h5-12,25H,13H2,1-4H3. The molecule has 2 aromatic heterocycles. The smallest absolute Gasteiger partial charge is 0.167 e. The second-order valence-electron chi connectivity index (χ2n) is 6.93. The highest BCUT2D eigenvalue weighted by Gasteiger charge is 2.18. The summed E-state index contributed by atoms with van der Waals surface area (Å²) < 4.78 is 17.8. The van der Waals surface area contributed by atoms with E-state index in [0.29, 0.717) is 28.8 Å². The Morgan fingerprint density at radius 1 is 0.935 bits per heavy atom. The van der Waals surface area contributed by atoms with Gasteiger partial charge in [0.05, 0.1) is 27.0 Å². The third-order valence-electron chi connectivity index (χ3n) is 5.04.